The van der Waals surface area contributed by atoms with Crippen LogP contribution in [0.1, 0.15) is 22.3 Å². The zero-order valence-corrected chi connectivity index (χ0v) is 11.7. The number of hydrogen-bond acceptors (Lipinski definition) is 3. The van der Waals surface area contributed by atoms with E-state index in [-0.39, 0.29) is 12.1 Å². The number of carbonyl (C=O) groups is 1. The smallest absolute Gasteiger partial charge is 0.291 e. The summed E-state index contributed by atoms with van der Waals surface area (Å²) in [6.45, 7) is 1.10. The zero-order valence-electron chi connectivity index (χ0n) is 10.1. The van der Waals surface area contributed by atoms with Gasteiger partial charge in [0.1, 0.15) is 0 Å². The van der Waals surface area contributed by atoms with Crippen LogP contribution in [-0.2, 0) is 4.74 Å². The Morgan fingerprint density at radius 1 is 1.21 bits per heavy atom. The van der Waals surface area contributed by atoms with Crippen LogP contribution in [0, 0.1) is 0 Å². The Hall–Kier alpha value is -1.59. The number of halogens is 1. The molecular formula is C14H12BrNO3. The summed E-state index contributed by atoms with van der Waals surface area (Å²) in [5.41, 5.74) is 0.971. The molecule has 1 atom stereocenters. The topological polar surface area (TPSA) is 42.7 Å². The van der Waals surface area contributed by atoms with Crippen molar-refractivity contribution in [1.82, 2.24) is 4.90 Å². The second kappa shape index (κ2) is 5.19. The van der Waals surface area contributed by atoms with Crippen LogP contribution in [-0.4, -0.2) is 24.0 Å². The third-order valence-corrected chi connectivity index (χ3v) is 3.45. The van der Waals surface area contributed by atoms with Gasteiger partial charge in [0.2, 0.25) is 0 Å². The Balaban J connectivity index is 1.86. The van der Waals surface area contributed by atoms with E-state index >= 15 is 0 Å². The normalized spacial score (nSPS) is 18.8. The third kappa shape index (κ3) is 2.43. The fraction of sp³-hybridized carbons (Fsp3) is 0.214. The Kier molecular flexibility index (Phi) is 3.40. The highest BCUT2D eigenvalue weighted by Gasteiger charge is 2.32. The van der Waals surface area contributed by atoms with Gasteiger partial charge in [-0.1, -0.05) is 30.3 Å². The van der Waals surface area contributed by atoms with E-state index in [9.17, 15) is 4.79 Å². The number of ether oxygens (including phenoxy) is 1. The molecule has 0 aliphatic carbocycles. The minimum Gasteiger partial charge on any atom is -0.444 e. The molecule has 1 fully saturated rings. The number of benzene rings is 1. The summed E-state index contributed by atoms with van der Waals surface area (Å²) >= 11 is 3.20. The monoisotopic (exact) mass is 321 g/mol. The maximum atomic E-state index is 12.4. The number of nitrogens with zero attached hydrogens (tertiary/aromatic N) is 1. The molecule has 0 saturated carbocycles. The summed E-state index contributed by atoms with van der Waals surface area (Å²) in [5.74, 6) is 0.162. The molecule has 2 heterocycles. The van der Waals surface area contributed by atoms with Crippen molar-refractivity contribution >= 4 is 21.8 Å². The van der Waals surface area contributed by atoms with Crippen LogP contribution in [0.15, 0.2) is 51.6 Å². The lowest BCUT2D eigenvalue weighted by atomic mass is 10.2. The highest BCUT2D eigenvalue weighted by molar-refractivity contribution is 9.10. The van der Waals surface area contributed by atoms with Gasteiger partial charge in [-0.2, -0.15) is 0 Å². The first-order valence-corrected chi connectivity index (χ1v) is 6.78. The van der Waals surface area contributed by atoms with E-state index in [4.69, 9.17) is 9.15 Å². The molecule has 1 aliphatic rings. The molecule has 0 spiro atoms. The minimum absolute atomic E-state index is 0.156. The SMILES string of the molecule is O=C(c1ccc(Br)o1)N1CCOC1c1ccccc1. The third-order valence-electron chi connectivity index (χ3n) is 3.02. The first-order chi connectivity index (χ1) is 9.25. The average Bonchev–Trinajstić information content (AvgIpc) is 3.07. The van der Waals surface area contributed by atoms with Gasteiger partial charge in [-0.15, -0.1) is 0 Å². The quantitative estimate of drug-likeness (QED) is 0.853. The Bertz CT molecular complexity index is 581. The van der Waals surface area contributed by atoms with Crippen molar-refractivity contribution < 1.29 is 13.9 Å². The molecule has 1 unspecified atom stereocenters. The van der Waals surface area contributed by atoms with Crippen LogP contribution < -0.4 is 0 Å². The number of amides is 1. The van der Waals surface area contributed by atoms with E-state index in [1.165, 1.54) is 0 Å². The fourth-order valence-electron chi connectivity index (χ4n) is 2.14. The molecular weight excluding hydrogens is 310 g/mol. The van der Waals surface area contributed by atoms with Gasteiger partial charge in [0, 0.05) is 12.1 Å². The van der Waals surface area contributed by atoms with Gasteiger partial charge in [-0.05, 0) is 28.1 Å². The van der Waals surface area contributed by atoms with E-state index in [0.29, 0.717) is 23.6 Å². The molecule has 0 radical (unpaired) electrons. The maximum absolute atomic E-state index is 12.4. The summed E-state index contributed by atoms with van der Waals surface area (Å²) in [5, 5.41) is 0. The lowest BCUT2D eigenvalue weighted by molar-refractivity contribution is 0.0251. The van der Waals surface area contributed by atoms with Gasteiger partial charge in [-0.3, -0.25) is 4.79 Å². The van der Waals surface area contributed by atoms with Crippen molar-refractivity contribution in [3.8, 4) is 0 Å². The summed E-state index contributed by atoms with van der Waals surface area (Å²) < 4.78 is 11.5. The largest absolute Gasteiger partial charge is 0.444 e. The number of furan rings is 1. The summed E-state index contributed by atoms with van der Waals surface area (Å²) in [7, 11) is 0. The second-order valence-electron chi connectivity index (χ2n) is 4.24. The van der Waals surface area contributed by atoms with Crippen molar-refractivity contribution in [2.75, 3.05) is 13.2 Å². The van der Waals surface area contributed by atoms with E-state index in [2.05, 4.69) is 15.9 Å². The lowest BCUT2D eigenvalue weighted by Gasteiger charge is -2.22. The Labute approximate surface area is 119 Å². The molecule has 0 bridgehead atoms. The van der Waals surface area contributed by atoms with E-state index in [1.807, 2.05) is 30.3 Å². The molecule has 1 aromatic carbocycles. The van der Waals surface area contributed by atoms with Crippen molar-refractivity contribution in [1.29, 1.82) is 0 Å². The number of carbonyl (C=O) groups excluding carboxylic acids is 1. The first kappa shape index (κ1) is 12.4. The molecule has 1 saturated heterocycles. The van der Waals surface area contributed by atoms with Crippen molar-refractivity contribution in [2.24, 2.45) is 0 Å². The number of hydrogen-bond donors (Lipinski definition) is 0. The molecule has 19 heavy (non-hydrogen) atoms. The van der Waals surface area contributed by atoms with Crippen molar-refractivity contribution in [2.45, 2.75) is 6.23 Å². The minimum atomic E-state index is -0.336. The second-order valence-corrected chi connectivity index (χ2v) is 5.02. The van der Waals surface area contributed by atoms with Gasteiger partial charge in [0.05, 0.1) is 6.61 Å². The molecule has 5 heteroatoms. The van der Waals surface area contributed by atoms with Crippen LogP contribution in [0.3, 0.4) is 0 Å². The molecule has 1 amide bonds. The predicted octanol–water partition coefficient (Wildman–Crippen LogP) is 3.21. The zero-order chi connectivity index (χ0) is 13.2. The van der Waals surface area contributed by atoms with Gasteiger partial charge in [0.15, 0.2) is 16.7 Å². The Morgan fingerprint density at radius 3 is 2.68 bits per heavy atom. The average molecular weight is 322 g/mol. The molecule has 1 aliphatic heterocycles. The van der Waals surface area contributed by atoms with Gasteiger partial charge >= 0.3 is 0 Å². The number of rotatable bonds is 2. The standard InChI is InChI=1S/C14H12BrNO3/c15-12-7-6-11(19-12)13(17)16-8-9-18-14(16)10-4-2-1-3-5-10/h1-7,14H,8-9H2. The highest BCUT2D eigenvalue weighted by Crippen LogP contribution is 2.29. The van der Waals surface area contributed by atoms with E-state index in [0.717, 1.165) is 5.56 Å². The summed E-state index contributed by atoms with van der Waals surface area (Å²) in [4.78, 5) is 14.1. The molecule has 4 nitrogen and oxygen atoms in total. The molecule has 0 N–H and O–H groups in total. The van der Waals surface area contributed by atoms with Crippen LogP contribution in [0.5, 0.6) is 0 Å². The fourth-order valence-corrected chi connectivity index (χ4v) is 2.45. The summed E-state index contributed by atoms with van der Waals surface area (Å²) in [6.07, 6.45) is -0.336. The molecule has 2 aromatic rings. The van der Waals surface area contributed by atoms with Crippen molar-refractivity contribution in [3.63, 3.8) is 0 Å². The lowest BCUT2D eigenvalue weighted by Crippen LogP contribution is -2.30. The molecule has 1 aromatic heterocycles. The predicted molar refractivity (Wildman–Crippen MR) is 72.6 cm³/mol. The highest BCUT2D eigenvalue weighted by atomic mass is 79.9. The maximum Gasteiger partial charge on any atom is 0.291 e. The van der Waals surface area contributed by atoms with Gasteiger partial charge in [0.25, 0.3) is 5.91 Å². The van der Waals surface area contributed by atoms with Crippen LogP contribution >= 0.6 is 15.9 Å². The molecule has 98 valence electrons. The molecule has 3 rings (SSSR count). The van der Waals surface area contributed by atoms with Crippen LogP contribution in [0.2, 0.25) is 0 Å². The Morgan fingerprint density at radius 2 is 2.00 bits per heavy atom. The van der Waals surface area contributed by atoms with Gasteiger partial charge < -0.3 is 14.1 Å². The summed E-state index contributed by atoms with van der Waals surface area (Å²) in [6, 6.07) is 13.1. The van der Waals surface area contributed by atoms with Gasteiger partial charge in [-0.25, -0.2) is 0 Å². The van der Waals surface area contributed by atoms with E-state index in [1.54, 1.807) is 17.0 Å². The van der Waals surface area contributed by atoms with E-state index < -0.39 is 0 Å². The van der Waals surface area contributed by atoms with Crippen LogP contribution in [0.4, 0.5) is 0 Å². The van der Waals surface area contributed by atoms with Crippen LogP contribution in [0.25, 0.3) is 0 Å². The van der Waals surface area contributed by atoms with Crippen molar-refractivity contribution in [3.05, 3.63) is 58.5 Å². The first-order valence-electron chi connectivity index (χ1n) is 5.98.